The molecule has 0 saturated carbocycles. The van der Waals surface area contributed by atoms with E-state index in [9.17, 15) is 18.0 Å². The minimum absolute atomic E-state index is 0.0823. The summed E-state index contributed by atoms with van der Waals surface area (Å²) in [5.74, 6) is -0.292. The van der Waals surface area contributed by atoms with Gasteiger partial charge in [-0.1, -0.05) is 97.1 Å². The van der Waals surface area contributed by atoms with Crippen LogP contribution in [0.2, 0.25) is 0 Å². The molecule has 0 heterocycles. The van der Waals surface area contributed by atoms with Crippen molar-refractivity contribution in [1.82, 2.24) is 4.90 Å². The maximum Gasteiger partial charge on any atom is 0.416 e. The highest BCUT2D eigenvalue weighted by Crippen LogP contribution is 2.34. The van der Waals surface area contributed by atoms with Crippen molar-refractivity contribution < 1.29 is 18.0 Å². The Hall–Kier alpha value is -4.38. The summed E-state index contributed by atoms with van der Waals surface area (Å²) in [6, 6.07) is 33.7. The average Bonchev–Trinajstić information content (AvgIpc) is 2.97. The van der Waals surface area contributed by atoms with Crippen LogP contribution in [0.4, 0.5) is 13.2 Å². The fourth-order valence-corrected chi connectivity index (χ4v) is 5.49. The Morgan fingerprint density at radius 3 is 1.98 bits per heavy atom. The number of carbonyl (C=O) groups excluding carboxylic acids is 1. The lowest BCUT2D eigenvalue weighted by Gasteiger charge is -2.34. The molecule has 0 aliphatic rings. The standard InChI is InChI=1S/C36H32F3NO/c1-25(40(26(2)41)24-28-15-17-30-10-4-6-12-33(30)23-28)35(31-18-20-34(21-19-31)36(37,38)39)13-7-8-27-14-16-29-9-3-5-11-32(29)22-27/h3-12,14-23,25,35H,13,24H2,1-2H3. The highest BCUT2D eigenvalue weighted by molar-refractivity contribution is 5.85. The number of nitrogens with zero attached hydrogens (tertiary/aromatic N) is 1. The maximum absolute atomic E-state index is 13.3. The van der Waals surface area contributed by atoms with Crippen molar-refractivity contribution in [1.29, 1.82) is 0 Å². The summed E-state index contributed by atoms with van der Waals surface area (Å²) in [5, 5.41) is 4.52. The molecule has 0 aromatic heterocycles. The molecule has 41 heavy (non-hydrogen) atoms. The molecule has 0 fully saturated rings. The molecule has 0 saturated heterocycles. The first kappa shape index (κ1) is 28.2. The van der Waals surface area contributed by atoms with E-state index in [1.54, 1.807) is 19.1 Å². The topological polar surface area (TPSA) is 20.3 Å². The summed E-state index contributed by atoms with van der Waals surface area (Å²) in [6.45, 7) is 3.94. The zero-order chi connectivity index (χ0) is 29.0. The van der Waals surface area contributed by atoms with Crippen LogP contribution in [0.5, 0.6) is 0 Å². The predicted molar refractivity (Wildman–Crippen MR) is 161 cm³/mol. The summed E-state index contributed by atoms with van der Waals surface area (Å²) in [7, 11) is 0. The second-order valence-corrected chi connectivity index (χ2v) is 10.5. The number of halogens is 3. The largest absolute Gasteiger partial charge is 0.416 e. The number of hydrogen-bond donors (Lipinski definition) is 0. The first-order valence-corrected chi connectivity index (χ1v) is 13.8. The van der Waals surface area contributed by atoms with Crippen LogP contribution in [-0.4, -0.2) is 16.8 Å². The minimum atomic E-state index is -4.41. The Kier molecular flexibility index (Phi) is 8.25. The lowest BCUT2D eigenvalue weighted by atomic mass is 9.87. The molecule has 5 aromatic carbocycles. The van der Waals surface area contributed by atoms with E-state index in [4.69, 9.17) is 0 Å². The van der Waals surface area contributed by atoms with Crippen molar-refractivity contribution in [2.75, 3.05) is 0 Å². The fourth-order valence-electron chi connectivity index (χ4n) is 5.49. The maximum atomic E-state index is 13.3. The lowest BCUT2D eigenvalue weighted by molar-refractivity contribution is -0.137. The van der Waals surface area contributed by atoms with Crippen molar-refractivity contribution in [3.63, 3.8) is 0 Å². The van der Waals surface area contributed by atoms with Gasteiger partial charge in [-0.25, -0.2) is 0 Å². The minimum Gasteiger partial charge on any atom is -0.335 e. The van der Waals surface area contributed by atoms with E-state index in [2.05, 4.69) is 42.5 Å². The molecule has 2 unspecified atom stereocenters. The highest BCUT2D eigenvalue weighted by Gasteiger charge is 2.31. The molecule has 5 aromatic rings. The van der Waals surface area contributed by atoms with Crippen LogP contribution in [0, 0.1) is 0 Å². The molecule has 0 spiro atoms. The second-order valence-electron chi connectivity index (χ2n) is 10.5. The number of hydrogen-bond acceptors (Lipinski definition) is 1. The van der Waals surface area contributed by atoms with Gasteiger partial charge in [0, 0.05) is 25.4 Å². The molecule has 0 N–H and O–H groups in total. The van der Waals surface area contributed by atoms with E-state index < -0.39 is 11.7 Å². The number of carbonyl (C=O) groups is 1. The molecule has 0 aliphatic carbocycles. The van der Waals surface area contributed by atoms with Crippen molar-refractivity contribution in [3.05, 3.63) is 138 Å². The number of benzene rings is 5. The molecular weight excluding hydrogens is 519 g/mol. The summed E-state index contributed by atoms with van der Waals surface area (Å²) in [5.41, 5.74) is 2.13. The van der Waals surface area contributed by atoms with Gasteiger partial charge in [-0.15, -0.1) is 0 Å². The van der Waals surface area contributed by atoms with Crippen LogP contribution in [0.15, 0.2) is 115 Å². The monoisotopic (exact) mass is 551 g/mol. The highest BCUT2D eigenvalue weighted by atomic mass is 19.4. The van der Waals surface area contributed by atoms with Gasteiger partial charge in [0.1, 0.15) is 0 Å². The Balaban J connectivity index is 1.44. The van der Waals surface area contributed by atoms with Crippen molar-refractivity contribution >= 4 is 33.5 Å². The van der Waals surface area contributed by atoms with Crippen LogP contribution < -0.4 is 0 Å². The predicted octanol–water partition coefficient (Wildman–Crippen LogP) is 9.64. The number of amides is 1. The van der Waals surface area contributed by atoms with E-state index in [1.165, 1.54) is 0 Å². The van der Waals surface area contributed by atoms with E-state index in [1.807, 2.05) is 66.4 Å². The van der Waals surface area contributed by atoms with Gasteiger partial charge < -0.3 is 4.90 Å². The third-order valence-electron chi connectivity index (χ3n) is 7.79. The third kappa shape index (κ3) is 6.68. The molecule has 5 heteroatoms. The van der Waals surface area contributed by atoms with Crippen molar-refractivity contribution in [2.24, 2.45) is 0 Å². The fraction of sp³-hybridized carbons (Fsp3) is 0.194. The van der Waals surface area contributed by atoms with Gasteiger partial charge in [0.25, 0.3) is 0 Å². The molecule has 0 aliphatic heterocycles. The van der Waals surface area contributed by atoms with E-state index in [0.717, 1.165) is 50.4 Å². The van der Waals surface area contributed by atoms with Crippen LogP contribution in [0.3, 0.4) is 0 Å². The quantitative estimate of drug-likeness (QED) is 0.188. The molecule has 208 valence electrons. The van der Waals surface area contributed by atoms with E-state index in [-0.39, 0.29) is 17.9 Å². The Labute approximate surface area is 238 Å². The van der Waals surface area contributed by atoms with E-state index >= 15 is 0 Å². The van der Waals surface area contributed by atoms with Gasteiger partial charge in [0.05, 0.1) is 5.56 Å². The molecule has 0 bridgehead atoms. The summed E-state index contributed by atoms with van der Waals surface area (Å²) < 4.78 is 39.9. The Morgan fingerprint density at radius 1 is 0.780 bits per heavy atom. The molecule has 1 amide bonds. The van der Waals surface area contributed by atoms with Gasteiger partial charge in [-0.3, -0.25) is 4.79 Å². The smallest absolute Gasteiger partial charge is 0.335 e. The van der Waals surface area contributed by atoms with Crippen LogP contribution in [-0.2, 0) is 17.5 Å². The van der Waals surface area contributed by atoms with Crippen LogP contribution >= 0.6 is 0 Å². The van der Waals surface area contributed by atoms with Crippen LogP contribution in [0.25, 0.3) is 27.6 Å². The zero-order valence-electron chi connectivity index (χ0n) is 23.1. The van der Waals surface area contributed by atoms with Crippen molar-refractivity contribution in [2.45, 2.75) is 44.9 Å². The summed E-state index contributed by atoms with van der Waals surface area (Å²) >= 11 is 0. The normalized spacial score (nSPS) is 13.5. The van der Waals surface area contributed by atoms with Crippen molar-refractivity contribution in [3.8, 4) is 0 Å². The van der Waals surface area contributed by atoms with Gasteiger partial charge in [-0.2, -0.15) is 13.2 Å². The third-order valence-corrected chi connectivity index (χ3v) is 7.79. The van der Waals surface area contributed by atoms with Gasteiger partial charge >= 0.3 is 6.18 Å². The van der Waals surface area contributed by atoms with Gasteiger partial charge in [0.2, 0.25) is 5.91 Å². The average molecular weight is 552 g/mol. The summed E-state index contributed by atoms with van der Waals surface area (Å²) in [4.78, 5) is 14.8. The Morgan fingerprint density at radius 2 is 1.37 bits per heavy atom. The first-order valence-electron chi connectivity index (χ1n) is 13.8. The Bertz CT molecular complexity index is 1690. The SMILES string of the molecule is CC(=O)N(Cc1ccc2ccccc2c1)C(C)C(CC=Cc1ccc2ccccc2c1)c1ccc(C(F)(F)F)cc1. The molecular formula is C36H32F3NO. The second kappa shape index (κ2) is 12.0. The van der Waals surface area contributed by atoms with Gasteiger partial charge in [0.15, 0.2) is 0 Å². The molecule has 5 rings (SSSR count). The first-order chi connectivity index (χ1) is 19.7. The zero-order valence-corrected chi connectivity index (χ0v) is 23.1. The lowest BCUT2D eigenvalue weighted by Crippen LogP contribution is -2.40. The number of allylic oxidation sites excluding steroid dienone is 1. The summed E-state index contributed by atoms with van der Waals surface area (Å²) in [6.07, 6.45) is 0.243. The number of rotatable bonds is 8. The molecule has 2 atom stereocenters. The van der Waals surface area contributed by atoms with E-state index in [0.29, 0.717) is 13.0 Å². The number of fused-ring (bicyclic) bond motifs is 2. The van der Waals surface area contributed by atoms with Gasteiger partial charge in [-0.05, 0) is 75.8 Å². The number of alkyl halides is 3. The van der Waals surface area contributed by atoms with Crippen LogP contribution in [0.1, 0.15) is 48.4 Å². The molecule has 2 nitrogen and oxygen atoms in total. The molecule has 0 radical (unpaired) electrons.